The minimum Gasteiger partial charge on any atom is -0.361 e. The molecule has 1 atom stereocenters. The zero-order valence-electron chi connectivity index (χ0n) is 12.6. The minimum atomic E-state index is -0.463. The van der Waals surface area contributed by atoms with Gasteiger partial charge in [0.1, 0.15) is 0 Å². The summed E-state index contributed by atoms with van der Waals surface area (Å²) in [6, 6.07) is 8.27. The van der Waals surface area contributed by atoms with Gasteiger partial charge in [-0.25, -0.2) is 0 Å². The smallest absolute Gasteiger partial charge is 0.269 e. The molecule has 0 fully saturated rings. The molecule has 0 unspecified atom stereocenters. The van der Waals surface area contributed by atoms with Crippen LogP contribution in [0.1, 0.15) is 37.7 Å². The number of nitrogens with zero attached hydrogens (tertiary/aromatic N) is 2. The molecule has 116 valence electrons. The van der Waals surface area contributed by atoms with E-state index in [2.05, 4.69) is 11.4 Å². The second kappa shape index (κ2) is 5.69. The van der Waals surface area contributed by atoms with E-state index in [9.17, 15) is 20.2 Å². The Bertz CT molecular complexity index is 797. The Hall–Kier alpha value is -2.94. The quantitative estimate of drug-likeness (QED) is 0.669. The van der Waals surface area contributed by atoms with Crippen molar-refractivity contribution >= 4 is 11.5 Å². The van der Waals surface area contributed by atoms with Gasteiger partial charge in [0.05, 0.1) is 22.5 Å². The molecule has 1 aromatic carbocycles. The number of non-ortho nitro benzene ring substituents is 1. The Morgan fingerprint density at radius 1 is 1.30 bits per heavy atom. The molecule has 6 heteroatoms. The topological polar surface area (TPSA) is 96.0 Å². The highest BCUT2D eigenvalue weighted by Gasteiger charge is 2.35. The molecule has 6 nitrogen and oxygen atoms in total. The average molecular weight is 309 g/mol. The number of nitrogens with one attached hydrogen (secondary N) is 1. The van der Waals surface area contributed by atoms with Gasteiger partial charge in [0.2, 0.25) is 0 Å². The van der Waals surface area contributed by atoms with E-state index in [1.54, 1.807) is 12.1 Å². The number of nitro groups is 1. The van der Waals surface area contributed by atoms with Crippen molar-refractivity contribution in [3.05, 3.63) is 62.5 Å². The summed E-state index contributed by atoms with van der Waals surface area (Å²) in [4.78, 5) is 22.8. The standard InChI is InChI=1S/C17H15N3O3/c1-10-13(9-18)16(11-5-7-12(8-6-11)20(22)23)17-14(19-10)3-2-4-15(17)21/h5-8,16,19H,2-4H2,1H3/t16-/m1/s1. The average Bonchev–Trinajstić information content (AvgIpc) is 2.54. The van der Waals surface area contributed by atoms with Crippen LogP contribution in [0.2, 0.25) is 0 Å². The fourth-order valence-corrected chi connectivity index (χ4v) is 3.25. The lowest BCUT2D eigenvalue weighted by molar-refractivity contribution is -0.384. The molecule has 0 bridgehead atoms. The maximum absolute atomic E-state index is 12.4. The largest absolute Gasteiger partial charge is 0.361 e. The molecule has 0 saturated heterocycles. The number of dihydropyridines is 1. The summed E-state index contributed by atoms with van der Waals surface area (Å²) >= 11 is 0. The predicted octanol–water partition coefficient (Wildman–Crippen LogP) is 3.09. The number of carbonyl (C=O) groups excluding carboxylic acids is 1. The number of hydrogen-bond donors (Lipinski definition) is 1. The summed E-state index contributed by atoms with van der Waals surface area (Å²) < 4.78 is 0. The minimum absolute atomic E-state index is 0.00827. The van der Waals surface area contributed by atoms with E-state index in [4.69, 9.17) is 0 Å². The molecular formula is C17H15N3O3. The maximum atomic E-state index is 12.4. The zero-order valence-corrected chi connectivity index (χ0v) is 12.6. The van der Waals surface area contributed by atoms with Gasteiger partial charge in [0.25, 0.3) is 5.69 Å². The third-order valence-electron chi connectivity index (χ3n) is 4.33. The van der Waals surface area contributed by atoms with Crippen LogP contribution in [0.25, 0.3) is 0 Å². The second-order valence-electron chi connectivity index (χ2n) is 5.73. The van der Waals surface area contributed by atoms with Gasteiger partial charge < -0.3 is 5.32 Å². The number of benzene rings is 1. The normalized spacial score (nSPS) is 20.7. The van der Waals surface area contributed by atoms with Crippen LogP contribution in [-0.4, -0.2) is 10.7 Å². The van der Waals surface area contributed by atoms with Crippen LogP contribution in [0.3, 0.4) is 0 Å². The molecule has 0 amide bonds. The highest BCUT2D eigenvalue weighted by Crippen LogP contribution is 2.41. The highest BCUT2D eigenvalue weighted by atomic mass is 16.6. The van der Waals surface area contributed by atoms with Crippen molar-refractivity contribution in [1.29, 1.82) is 5.26 Å². The fraction of sp³-hybridized carbons (Fsp3) is 0.294. The number of hydrogen-bond acceptors (Lipinski definition) is 5. The summed E-state index contributed by atoms with van der Waals surface area (Å²) in [6.07, 6.45) is 2.05. The van der Waals surface area contributed by atoms with E-state index in [1.165, 1.54) is 12.1 Å². The first kappa shape index (κ1) is 15.0. The van der Waals surface area contributed by atoms with E-state index in [0.29, 0.717) is 17.6 Å². The van der Waals surface area contributed by atoms with Crippen molar-refractivity contribution in [1.82, 2.24) is 5.32 Å². The lowest BCUT2D eigenvalue weighted by Crippen LogP contribution is -2.31. The number of Topliss-reactive ketones (excluding diaryl/α,β-unsaturated/α-hetero) is 1. The van der Waals surface area contributed by atoms with Gasteiger partial charge in [-0.2, -0.15) is 5.26 Å². The Morgan fingerprint density at radius 3 is 2.61 bits per heavy atom. The Morgan fingerprint density at radius 2 is 2.00 bits per heavy atom. The zero-order chi connectivity index (χ0) is 16.6. The number of nitriles is 1. The Kier molecular flexibility index (Phi) is 3.70. The first-order chi connectivity index (χ1) is 11.0. The van der Waals surface area contributed by atoms with Crippen molar-refractivity contribution in [2.24, 2.45) is 0 Å². The number of allylic oxidation sites excluding steroid dienone is 4. The van der Waals surface area contributed by atoms with Crippen molar-refractivity contribution in [2.75, 3.05) is 0 Å². The lowest BCUT2D eigenvalue weighted by Gasteiger charge is -2.32. The molecule has 2 aliphatic rings. The van der Waals surface area contributed by atoms with E-state index in [1.807, 2.05) is 6.92 Å². The first-order valence-corrected chi connectivity index (χ1v) is 7.41. The predicted molar refractivity (Wildman–Crippen MR) is 83.2 cm³/mol. The summed E-state index contributed by atoms with van der Waals surface area (Å²) in [5, 5.41) is 23.5. The fourth-order valence-electron chi connectivity index (χ4n) is 3.25. The number of nitro benzene ring substituents is 1. The van der Waals surface area contributed by atoms with E-state index in [-0.39, 0.29) is 11.5 Å². The van der Waals surface area contributed by atoms with Gasteiger partial charge in [-0.1, -0.05) is 12.1 Å². The van der Waals surface area contributed by atoms with Crippen LogP contribution in [0, 0.1) is 21.4 Å². The SMILES string of the molecule is CC1=C(C#N)[C@@H](c2ccc([N+](=O)[O-])cc2)C2=C(CCCC2=O)N1. The van der Waals surface area contributed by atoms with Crippen LogP contribution >= 0.6 is 0 Å². The molecule has 0 spiro atoms. The molecule has 1 aliphatic carbocycles. The molecule has 1 aliphatic heterocycles. The third kappa shape index (κ3) is 2.50. The molecule has 0 aromatic heterocycles. The molecule has 0 saturated carbocycles. The molecule has 3 rings (SSSR count). The number of ketones is 1. The third-order valence-corrected chi connectivity index (χ3v) is 4.33. The molecule has 0 radical (unpaired) electrons. The molecule has 1 N–H and O–H groups in total. The van der Waals surface area contributed by atoms with Gasteiger partial charge in [-0.15, -0.1) is 0 Å². The molecule has 1 aromatic rings. The van der Waals surface area contributed by atoms with Crippen molar-refractivity contribution in [3.63, 3.8) is 0 Å². The van der Waals surface area contributed by atoms with Crippen LogP contribution in [0.4, 0.5) is 5.69 Å². The summed E-state index contributed by atoms with van der Waals surface area (Å²) in [7, 11) is 0. The van der Waals surface area contributed by atoms with Gasteiger partial charge in [-0.05, 0) is 25.3 Å². The Balaban J connectivity index is 2.13. The highest BCUT2D eigenvalue weighted by molar-refractivity contribution is 5.99. The molecular weight excluding hydrogens is 294 g/mol. The lowest BCUT2D eigenvalue weighted by atomic mass is 9.75. The van der Waals surface area contributed by atoms with Crippen molar-refractivity contribution in [2.45, 2.75) is 32.1 Å². The summed E-state index contributed by atoms with van der Waals surface area (Å²) in [5.41, 5.74) is 3.47. The van der Waals surface area contributed by atoms with Gasteiger partial charge in [0, 0.05) is 35.5 Å². The number of carbonyl (C=O) groups is 1. The monoisotopic (exact) mass is 309 g/mol. The second-order valence-corrected chi connectivity index (χ2v) is 5.73. The van der Waals surface area contributed by atoms with E-state index in [0.717, 1.165) is 29.8 Å². The van der Waals surface area contributed by atoms with Gasteiger partial charge >= 0.3 is 0 Å². The van der Waals surface area contributed by atoms with Crippen LogP contribution in [-0.2, 0) is 4.79 Å². The molecule has 1 heterocycles. The maximum Gasteiger partial charge on any atom is 0.269 e. The number of rotatable bonds is 2. The van der Waals surface area contributed by atoms with Crippen molar-refractivity contribution in [3.8, 4) is 6.07 Å². The Labute approximate surface area is 133 Å². The van der Waals surface area contributed by atoms with Crippen LogP contribution in [0.15, 0.2) is 46.8 Å². The van der Waals surface area contributed by atoms with Crippen LogP contribution < -0.4 is 5.32 Å². The first-order valence-electron chi connectivity index (χ1n) is 7.41. The van der Waals surface area contributed by atoms with Crippen molar-refractivity contribution < 1.29 is 9.72 Å². The van der Waals surface area contributed by atoms with E-state index < -0.39 is 10.8 Å². The van der Waals surface area contributed by atoms with E-state index >= 15 is 0 Å². The van der Waals surface area contributed by atoms with Crippen LogP contribution in [0.5, 0.6) is 0 Å². The summed E-state index contributed by atoms with van der Waals surface area (Å²) in [5.74, 6) is -0.396. The van der Waals surface area contributed by atoms with Gasteiger partial charge in [-0.3, -0.25) is 14.9 Å². The van der Waals surface area contributed by atoms with Gasteiger partial charge in [0.15, 0.2) is 5.78 Å². The molecule has 23 heavy (non-hydrogen) atoms. The summed E-state index contributed by atoms with van der Waals surface area (Å²) in [6.45, 7) is 1.82.